The van der Waals surface area contributed by atoms with Crippen molar-refractivity contribution < 1.29 is 9.47 Å². The van der Waals surface area contributed by atoms with Crippen LogP contribution in [0.4, 0.5) is 5.82 Å². The number of anilines is 1. The Labute approximate surface area is 153 Å². The van der Waals surface area contributed by atoms with E-state index in [-0.39, 0.29) is 6.10 Å². The van der Waals surface area contributed by atoms with Crippen LogP contribution < -0.4 is 9.64 Å². The predicted molar refractivity (Wildman–Crippen MR) is 103 cm³/mol. The molecule has 1 unspecified atom stereocenters. The lowest BCUT2D eigenvalue weighted by Crippen LogP contribution is -2.36. The van der Waals surface area contributed by atoms with E-state index in [1.165, 1.54) is 0 Å². The Balaban J connectivity index is 1.68. The highest BCUT2D eigenvalue weighted by molar-refractivity contribution is 5.94. The van der Waals surface area contributed by atoms with Crippen LogP contribution in [0.15, 0.2) is 36.5 Å². The van der Waals surface area contributed by atoms with E-state index in [1.807, 2.05) is 24.4 Å². The van der Waals surface area contributed by atoms with Gasteiger partial charge in [0.2, 0.25) is 0 Å². The van der Waals surface area contributed by atoms with Crippen LogP contribution in [-0.4, -0.2) is 47.6 Å². The standard InChI is InChI=1S/C20H24N4O2/c1-3-14(2)26-16-4-5-18-17(13-16)20(23-22-18)15-6-7-21-19(12-15)24-8-10-25-11-9-24/h4-7,12-14H,3,8-11H2,1-2H3,(H,22,23). The minimum atomic E-state index is 0.191. The Morgan fingerprint density at radius 2 is 2.08 bits per heavy atom. The van der Waals surface area contributed by atoms with Crippen LogP contribution in [0.1, 0.15) is 20.3 Å². The highest BCUT2D eigenvalue weighted by atomic mass is 16.5. The van der Waals surface area contributed by atoms with Crippen LogP contribution in [0.5, 0.6) is 5.75 Å². The topological polar surface area (TPSA) is 63.3 Å². The molecule has 3 aromatic rings. The second-order valence-corrected chi connectivity index (χ2v) is 6.62. The van der Waals surface area contributed by atoms with Gasteiger partial charge in [-0.2, -0.15) is 5.10 Å². The van der Waals surface area contributed by atoms with Gasteiger partial charge in [-0.15, -0.1) is 0 Å². The number of hydrogen-bond acceptors (Lipinski definition) is 5. The lowest BCUT2D eigenvalue weighted by Gasteiger charge is -2.27. The quantitative estimate of drug-likeness (QED) is 0.759. The number of nitrogens with one attached hydrogen (secondary N) is 1. The molecule has 0 radical (unpaired) electrons. The fourth-order valence-corrected chi connectivity index (χ4v) is 3.13. The maximum atomic E-state index is 5.97. The zero-order valence-electron chi connectivity index (χ0n) is 15.2. The van der Waals surface area contributed by atoms with Crippen molar-refractivity contribution in [3.8, 4) is 17.0 Å². The summed E-state index contributed by atoms with van der Waals surface area (Å²) in [4.78, 5) is 6.78. The number of ether oxygens (including phenoxy) is 2. The number of H-pyrrole nitrogens is 1. The van der Waals surface area contributed by atoms with Crippen molar-refractivity contribution in [2.24, 2.45) is 0 Å². The second-order valence-electron chi connectivity index (χ2n) is 6.62. The molecule has 1 aliphatic rings. The van der Waals surface area contributed by atoms with Gasteiger partial charge in [-0.25, -0.2) is 4.98 Å². The molecule has 1 aliphatic heterocycles. The van der Waals surface area contributed by atoms with Gasteiger partial charge in [0.1, 0.15) is 17.3 Å². The van der Waals surface area contributed by atoms with E-state index in [1.54, 1.807) is 0 Å². The van der Waals surface area contributed by atoms with E-state index in [2.05, 4.69) is 46.1 Å². The molecule has 2 aromatic heterocycles. The first kappa shape index (κ1) is 16.8. The number of aromatic nitrogens is 3. The summed E-state index contributed by atoms with van der Waals surface area (Å²) in [6.07, 6.45) is 3.01. The molecule has 0 bridgehead atoms. The van der Waals surface area contributed by atoms with Gasteiger partial charge in [-0.3, -0.25) is 5.10 Å². The summed E-state index contributed by atoms with van der Waals surface area (Å²) in [6.45, 7) is 7.42. The Bertz CT molecular complexity index is 886. The number of fused-ring (bicyclic) bond motifs is 1. The molecular formula is C20H24N4O2. The summed E-state index contributed by atoms with van der Waals surface area (Å²) in [5.74, 6) is 1.84. The van der Waals surface area contributed by atoms with Gasteiger partial charge in [-0.05, 0) is 43.7 Å². The van der Waals surface area contributed by atoms with Crippen LogP contribution in [0.3, 0.4) is 0 Å². The summed E-state index contributed by atoms with van der Waals surface area (Å²) in [6, 6.07) is 10.2. The first-order valence-corrected chi connectivity index (χ1v) is 9.18. The molecule has 1 fully saturated rings. The summed E-state index contributed by atoms with van der Waals surface area (Å²) >= 11 is 0. The lowest BCUT2D eigenvalue weighted by atomic mass is 10.1. The van der Waals surface area contributed by atoms with Crippen LogP contribution in [0.25, 0.3) is 22.2 Å². The zero-order chi connectivity index (χ0) is 17.9. The smallest absolute Gasteiger partial charge is 0.129 e. The van der Waals surface area contributed by atoms with Crippen molar-refractivity contribution >= 4 is 16.7 Å². The fourth-order valence-electron chi connectivity index (χ4n) is 3.13. The van der Waals surface area contributed by atoms with Crippen LogP contribution in [0, 0.1) is 0 Å². The predicted octanol–water partition coefficient (Wildman–Crippen LogP) is 3.64. The van der Waals surface area contributed by atoms with Crippen LogP contribution in [-0.2, 0) is 4.74 Å². The van der Waals surface area contributed by atoms with E-state index < -0.39 is 0 Å². The second kappa shape index (κ2) is 7.33. The van der Waals surface area contributed by atoms with Crippen molar-refractivity contribution in [3.05, 3.63) is 36.5 Å². The molecule has 1 N–H and O–H groups in total. The molecule has 1 atom stereocenters. The van der Waals surface area contributed by atoms with E-state index in [0.717, 1.165) is 66.5 Å². The van der Waals surface area contributed by atoms with Gasteiger partial charge >= 0.3 is 0 Å². The molecule has 26 heavy (non-hydrogen) atoms. The third-order valence-electron chi connectivity index (χ3n) is 4.80. The van der Waals surface area contributed by atoms with E-state index in [4.69, 9.17) is 9.47 Å². The average Bonchev–Trinajstić information content (AvgIpc) is 3.12. The van der Waals surface area contributed by atoms with Crippen molar-refractivity contribution in [1.29, 1.82) is 0 Å². The highest BCUT2D eigenvalue weighted by Gasteiger charge is 2.15. The summed E-state index contributed by atoms with van der Waals surface area (Å²) in [5.41, 5.74) is 2.97. The molecule has 6 heteroatoms. The van der Waals surface area contributed by atoms with Gasteiger partial charge in [0.25, 0.3) is 0 Å². The minimum Gasteiger partial charge on any atom is -0.491 e. The maximum absolute atomic E-state index is 5.97. The Morgan fingerprint density at radius 1 is 1.23 bits per heavy atom. The van der Waals surface area contributed by atoms with E-state index in [0.29, 0.717) is 0 Å². The van der Waals surface area contributed by atoms with Crippen molar-refractivity contribution in [2.45, 2.75) is 26.4 Å². The number of rotatable bonds is 5. The lowest BCUT2D eigenvalue weighted by molar-refractivity contribution is 0.122. The third kappa shape index (κ3) is 3.37. The molecule has 0 spiro atoms. The average molecular weight is 352 g/mol. The Morgan fingerprint density at radius 3 is 2.88 bits per heavy atom. The van der Waals surface area contributed by atoms with Gasteiger partial charge in [0.15, 0.2) is 0 Å². The molecule has 0 saturated carbocycles. The van der Waals surface area contributed by atoms with Crippen molar-refractivity contribution in [3.63, 3.8) is 0 Å². The first-order valence-electron chi connectivity index (χ1n) is 9.18. The van der Waals surface area contributed by atoms with Crippen LogP contribution >= 0.6 is 0 Å². The minimum absolute atomic E-state index is 0.191. The van der Waals surface area contributed by atoms with Gasteiger partial charge in [0, 0.05) is 30.2 Å². The number of nitrogens with zero attached hydrogens (tertiary/aromatic N) is 3. The van der Waals surface area contributed by atoms with E-state index >= 15 is 0 Å². The van der Waals surface area contributed by atoms with E-state index in [9.17, 15) is 0 Å². The molecule has 136 valence electrons. The zero-order valence-corrected chi connectivity index (χ0v) is 15.2. The number of hydrogen-bond donors (Lipinski definition) is 1. The molecular weight excluding hydrogens is 328 g/mol. The maximum Gasteiger partial charge on any atom is 0.129 e. The number of benzene rings is 1. The SMILES string of the molecule is CCC(C)Oc1ccc2[nH]nc(-c3ccnc(N4CCOCC4)c3)c2c1. The summed E-state index contributed by atoms with van der Waals surface area (Å²) in [5, 5.41) is 8.72. The number of morpholine rings is 1. The molecule has 4 rings (SSSR count). The number of aromatic amines is 1. The molecule has 0 aliphatic carbocycles. The largest absolute Gasteiger partial charge is 0.491 e. The van der Waals surface area contributed by atoms with Crippen molar-refractivity contribution in [1.82, 2.24) is 15.2 Å². The van der Waals surface area contributed by atoms with Crippen molar-refractivity contribution in [2.75, 3.05) is 31.2 Å². The molecule has 6 nitrogen and oxygen atoms in total. The Kier molecular flexibility index (Phi) is 4.75. The molecule has 1 saturated heterocycles. The Hall–Kier alpha value is -2.60. The fraction of sp³-hybridized carbons (Fsp3) is 0.400. The summed E-state index contributed by atoms with van der Waals surface area (Å²) in [7, 11) is 0. The van der Waals surface area contributed by atoms with Crippen LogP contribution in [0.2, 0.25) is 0 Å². The van der Waals surface area contributed by atoms with Gasteiger partial charge in [-0.1, -0.05) is 6.92 Å². The normalized spacial score (nSPS) is 16.0. The third-order valence-corrected chi connectivity index (χ3v) is 4.80. The molecule has 1 aromatic carbocycles. The highest BCUT2D eigenvalue weighted by Crippen LogP contribution is 2.31. The summed E-state index contributed by atoms with van der Waals surface area (Å²) < 4.78 is 11.4. The monoisotopic (exact) mass is 352 g/mol. The first-order chi connectivity index (χ1) is 12.7. The molecule has 3 heterocycles. The number of pyridine rings is 1. The van der Waals surface area contributed by atoms with Gasteiger partial charge in [0.05, 0.1) is 24.8 Å². The molecule has 0 amide bonds. The van der Waals surface area contributed by atoms with Gasteiger partial charge < -0.3 is 14.4 Å².